The summed E-state index contributed by atoms with van der Waals surface area (Å²) in [4.78, 5) is 2.04. The van der Waals surface area contributed by atoms with Crippen LogP contribution in [-0.4, -0.2) is 47.5 Å². The van der Waals surface area contributed by atoms with Gasteiger partial charge in [-0.3, -0.25) is 4.39 Å². The van der Waals surface area contributed by atoms with Gasteiger partial charge in [-0.15, -0.1) is 0 Å². The van der Waals surface area contributed by atoms with Gasteiger partial charge in [0.15, 0.2) is 0 Å². The molecule has 0 saturated carbocycles. The number of benzene rings is 1. The smallest absolute Gasteiger partial charge is 0.381 e. The fourth-order valence-electron chi connectivity index (χ4n) is 3.38. The number of alkyl halides is 4. The Morgan fingerprint density at radius 1 is 1.33 bits per heavy atom. The number of hydrogen-bond donors (Lipinski definition) is 1. The van der Waals surface area contributed by atoms with Gasteiger partial charge in [0, 0.05) is 22.8 Å². The Labute approximate surface area is 220 Å². The quantitative estimate of drug-likeness (QED) is 0.490. The van der Waals surface area contributed by atoms with Gasteiger partial charge in [-0.05, 0) is 51.2 Å². The van der Waals surface area contributed by atoms with Gasteiger partial charge in [0.1, 0.15) is 11.7 Å². The van der Waals surface area contributed by atoms with E-state index in [-0.39, 0.29) is 80.5 Å². The molecule has 0 unspecified atom stereocenters. The summed E-state index contributed by atoms with van der Waals surface area (Å²) in [7, 11) is 1.93. The zero-order chi connectivity index (χ0) is 19.1. The van der Waals surface area contributed by atoms with Crippen molar-refractivity contribution in [2.24, 2.45) is 0 Å². The minimum atomic E-state index is -4.38. The summed E-state index contributed by atoms with van der Waals surface area (Å²) < 4.78 is 54.5. The molecule has 2 aromatic rings. The molecule has 0 amide bonds. The van der Waals surface area contributed by atoms with Gasteiger partial charge in [-0.2, -0.15) is 13.2 Å². The van der Waals surface area contributed by atoms with Crippen LogP contribution in [0.2, 0.25) is 5.15 Å². The monoisotopic (exact) mass is 523 g/mol. The van der Waals surface area contributed by atoms with Crippen LogP contribution < -0.4 is 74.2 Å². The van der Waals surface area contributed by atoms with Gasteiger partial charge in [-0.25, -0.2) is 0 Å². The van der Waals surface area contributed by atoms with Crippen LogP contribution in [0.5, 0.6) is 0 Å². The third kappa shape index (κ3) is 5.81. The van der Waals surface area contributed by atoms with E-state index in [1.165, 1.54) is 6.07 Å². The van der Waals surface area contributed by atoms with Crippen molar-refractivity contribution in [3.63, 3.8) is 0 Å². The Hall–Kier alpha value is 0.582. The second-order valence-electron chi connectivity index (χ2n) is 6.98. The number of likely N-dealkylation sites (tertiary alicyclic amines) is 1. The molecule has 1 N–H and O–H groups in total. The topological polar surface area (TPSA) is 20.2 Å². The minimum Gasteiger partial charge on any atom is -0.381 e. The third-order valence-electron chi connectivity index (χ3n) is 4.90. The van der Waals surface area contributed by atoms with E-state index >= 15 is 0 Å². The van der Waals surface area contributed by atoms with Crippen LogP contribution in [0.25, 0.3) is 10.9 Å². The molecule has 3 nitrogen and oxygen atoms in total. The van der Waals surface area contributed by atoms with Gasteiger partial charge < -0.3 is 21.7 Å². The Bertz CT molecular complexity index is 791. The molecule has 3 rings (SSSR count). The van der Waals surface area contributed by atoms with E-state index in [0.29, 0.717) is 36.1 Å². The molecule has 1 aliphatic rings. The van der Waals surface area contributed by atoms with E-state index in [4.69, 9.17) is 11.6 Å². The molecule has 1 aromatic heterocycles. The molecular formula is C18H21ClCsF4N3. The zero-order valence-electron chi connectivity index (χ0n) is 15.4. The fourth-order valence-corrected chi connectivity index (χ4v) is 3.64. The molecule has 27 heavy (non-hydrogen) atoms. The van der Waals surface area contributed by atoms with Crippen molar-refractivity contribution < 1.29 is 86.5 Å². The fraction of sp³-hybridized carbons (Fsp3) is 0.500. The summed E-state index contributed by atoms with van der Waals surface area (Å²) in [5.74, 6) is 0. The molecule has 1 saturated heterocycles. The molecule has 0 radical (unpaired) electrons. The van der Waals surface area contributed by atoms with Gasteiger partial charge >= 0.3 is 75.1 Å². The van der Waals surface area contributed by atoms with Crippen LogP contribution in [0.4, 0.5) is 23.2 Å². The second kappa shape index (κ2) is 9.16. The molecule has 1 aromatic carbocycles. The van der Waals surface area contributed by atoms with Gasteiger partial charge in [0.05, 0.1) is 5.52 Å². The van der Waals surface area contributed by atoms with Gasteiger partial charge in [0.2, 0.25) is 0 Å². The number of anilines is 1. The zero-order valence-corrected chi connectivity index (χ0v) is 22.4. The summed E-state index contributed by atoms with van der Waals surface area (Å²) in [5.41, 5.74) is -0.743. The summed E-state index contributed by atoms with van der Waals surface area (Å²) in [6.07, 6.45) is -3.55. The SMILES string of the molecule is [CH2-][C@@]1(F)CCN(C)CC[C@H]1Nc1cccc2c1cc(Cl)n2CC(F)(F)F.[Cs+]. The van der Waals surface area contributed by atoms with E-state index in [1.807, 2.05) is 11.9 Å². The van der Waals surface area contributed by atoms with Crippen LogP contribution in [0.3, 0.4) is 0 Å². The summed E-state index contributed by atoms with van der Waals surface area (Å²) >= 11 is 6.03. The number of rotatable bonds is 3. The van der Waals surface area contributed by atoms with Crippen molar-refractivity contribution in [3.8, 4) is 0 Å². The maximum absolute atomic E-state index is 15.0. The average molecular weight is 524 g/mol. The predicted molar refractivity (Wildman–Crippen MR) is 96.3 cm³/mol. The van der Waals surface area contributed by atoms with Gasteiger partial charge in [0.25, 0.3) is 0 Å². The number of aromatic nitrogens is 1. The van der Waals surface area contributed by atoms with Crippen LogP contribution >= 0.6 is 11.6 Å². The normalized spacial score (nSPS) is 24.5. The van der Waals surface area contributed by atoms with Crippen LogP contribution in [0.1, 0.15) is 12.8 Å². The summed E-state index contributed by atoms with van der Waals surface area (Å²) in [6, 6.07) is 5.88. The molecule has 0 spiro atoms. The Balaban J connectivity index is 0.00000261. The second-order valence-corrected chi connectivity index (χ2v) is 7.37. The summed E-state index contributed by atoms with van der Waals surface area (Å²) in [5, 5.41) is 3.69. The maximum atomic E-state index is 15.0. The number of fused-ring (bicyclic) bond motifs is 1. The minimum absolute atomic E-state index is 0. The first kappa shape index (κ1) is 23.9. The van der Waals surface area contributed by atoms with Gasteiger partial charge in [-0.1, -0.05) is 17.7 Å². The Morgan fingerprint density at radius 3 is 2.70 bits per heavy atom. The number of nitrogens with zero attached hydrogens (tertiary/aromatic N) is 2. The molecule has 0 bridgehead atoms. The average Bonchev–Trinajstić information content (AvgIpc) is 2.77. The van der Waals surface area contributed by atoms with Crippen molar-refractivity contribution in [1.82, 2.24) is 9.47 Å². The van der Waals surface area contributed by atoms with E-state index in [9.17, 15) is 17.6 Å². The van der Waals surface area contributed by atoms with E-state index < -0.39 is 24.4 Å². The van der Waals surface area contributed by atoms with Crippen LogP contribution in [0.15, 0.2) is 24.3 Å². The molecular weight excluding hydrogens is 503 g/mol. The first-order chi connectivity index (χ1) is 12.1. The van der Waals surface area contributed by atoms with E-state index in [1.54, 1.807) is 18.2 Å². The standard InChI is InChI=1S/C18H21ClF4N3.Cs/c1-17(20)7-9-25(2)8-6-15(17)24-13-4-3-5-14-12(13)10-16(19)26(14)11-18(21,22)23;/h3-5,10,15,24H,1,6-9,11H2,2H3;/q-1;+1/t15-,17-;/m1./s1. The number of hydrogen-bond acceptors (Lipinski definition) is 2. The maximum Gasteiger partial charge on any atom is 1.00 e. The Morgan fingerprint density at radius 2 is 2.04 bits per heavy atom. The number of nitrogens with one attached hydrogen (secondary N) is 1. The Kier molecular flexibility index (Phi) is 8.09. The van der Waals surface area contributed by atoms with Crippen molar-refractivity contribution >= 4 is 28.2 Å². The summed E-state index contributed by atoms with van der Waals surface area (Å²) in [6.45, 7) is 3.87. The van der Waals surface area contributed by atoms with Crippen LogP contribution in [-0.2, 0) is 6.54 Å². The predicted octanol–water partition coefficient (Wildman–Crippen LogP) is 1.91. The van der Waals surface area contributed by atoms with Crippen molar-refractivity contribution in [2.45, 2.75) is 37.3 Å². The van der Waals surface area contributed by atoms with E-state index in [0.717, 1.165) is 4.57 Å². The van der Waals surface area contributed by atoms with Crippen molar-refractivity contribution in [3.05, 3.63) is 36.3 Å². The molecule has 1 fully saturated rings. The largest absolute Gasteiger partial charge is 1.00 e. The van der Waals surface area contributed by atoms with Crippen LogP contribution in [0, 0.1) is 6.92 Å². The first-order valence-electron chi connectivity index (χ1n) is 8.41. The first-order valence-corrected chi connectivity index (χ1v) is 8.78. The van der Waals surface area contributed by atoms with Crippen molar-refractivity contribution in [1.29, 1.82) is 0 Å². The molecule has 9 heteroatoms. The van der Waals surface area contributed by atoms with E-state index in [2.05, 4.69) is 12.2 Å². The molecule has 2 atom stereocenters. The third-order valence-corrected chi connectivity index (χ3v) is 5.21. The molecule has 144 valence electrons. The molecule has 2 heterocycles. The number of halogens is 5. The molecule has 1 aliphatic heterocycles. The van der Waals surface area contributed by atoms with Crippen molar-refractivity contribution in [2.75, 3.05) is 25.5 Å². The molecule has 0 aliphatic carbocycles.